The van der Waals surface area contributed by atoms with Crippen LogP contribution < -0.4 is 9.64 Å². The van der Waals surface area contributed by atoms with E-state index in [0.29, 0.717) is 18.7 Å². The van der Waals surface area contributed by atoms with Crippen molar-refractivity contribution in [2.45, 2.75) is 13.3 Å². The molecule has 0 bridgehead atoms. The Labute approximate surface area is 131 Å². The normalized spacial score (nSPS) is 18.4. The molecule has 1 fully saturated rings. The van der Waals surface area contributed by atoms with E-state index < -0.39 is 0 Å². The maximum Gasteiger partial charge on any atom is 0.227 e. The van der Waals surface area contributed by atoms with Crippen molar-refractivity contribution >= 4 is 44.4 Å². The summed E-state index contributed by atoms with van der Waals surface area (Å²) in [6.45, 7) is 2.20. The number of hydrogen-bond donors (Lipinski definition) is 0. The van der Waals surface area contributed by atoms with E-state index in [9.17, 15) is 9.59 Å². The zero-order chi connectivity index (χ0) is 14.7. The van der Waals surface area contributed by atoms with Crippen LogP contribution in [0.15, 0.2) is 22.7 Å². The summed E-state index contributed by atoms with van der Waals surface area (Å²) < 4.78 is 6.07. The van der Waals surface area contributed by atoms with Crippen LogP contribution in [0.1, 0.15) is 13.3 Å². The Balaban J connectivity index is 2.13. The van der Waals surface area contributed by atoms with Gasteiger partial charge in [0.2, 0.25) is 5.91 Å². The molecular weight excluding hydrogens is 342 g/mol. The molecule has 0 aliphatic carbocycles. The van der Waals surface area contributed by atoms with Gasteiger partial charge in [0.05, 0.1) is 12.8 Å². The zero-order valence-corrected chi connectivity index (χ0v) is 13.8. The molecule has 108 valence electrons. The van der Waals surface area contributed by atoms with Crippen LogP contribution in [0.2, 0.25) is 0 Å². The molecule has 1 aliphatic heterocycles. The lowest BCUT2D eigenvalue weighted by atomic mass is 10.1. The molecule has 0 N–H and O–H groups in total. The highest BCUT2D eigenvalue weighted by atomic mass is 79.9. The lowest BCUT2D eigenvalue weighted by Gasteiger charge is -2.19. The van der Waals surface area contributed by atoms with Crippen molar-refractivity contribution in [3.05, 3.63) is 22.7 Å². The molecule has 6 heteroatoms. The van der Waals surface area contributed by atoms with E-state index in [2.05, 4.69) is 15.9 Å². The number of benzene rings is 1. The number of nitrogens with zero attached hydrogens (tertiary/aromatic N) is 1. The Bertz CT molecular complexity index is 535. The van der Waals surface area contributed by atoms with E-state index in [-0.39, 0.29) is 16.9 Å². The van der Waals surface area contributed by atoms with Crippen LogP contribution in [0.4, 0.5) is 5.69 Å². The van der Waals surface area contributed by atoms with Crippen LogP contribution in [-0.4, -0.2) is 30.4 Å². The Kier molecular flexibility index (Phi) is 5.10. The van der Waals surface area contributed by atoms with Gasteiger partial charge in [0.15, 0.2) is 5.12 Å². The number of rotatable bonds is 4. The quantitative estimate of drug-likeness (QED) is 0.830. The predicted octanol–water partition coefficient (Wildman–Crippen LogP) is 3.09. The first-order valence-corrected chi connectivity index (χ1v) is 8.06. The van der Waals surface area contributed by atoms with Crippen LogP contribution >= 0.6 is 27.7 Å². The van der Waals surface area contributed by atoms with E-state index >= 15 is 0 Å². The van der Waals surface area contributed by atoms with Gasteiger partial charge in [-0.25, -0.2) is 0 Å². The number of anilines is 1. The lowest BCUT2D eigenvalue weighted by Crippen LogP contribution is -2.25. The van der Waals surface area contributed by atoms with Crippen molar-refractivity contribution in [2.75, 3.05) is 24.3 Å². The number of ether oxygens (including phenoxy) is 1. The Morgan fingerprint density at radius 3 is 2.95 bits per heavy atom. The molecule has 0 spiro atoms. The molecular formula is C14H16BrNO3S. The number of carbonyl (C=O) groups is 2. The minimum absolute atomic E-state index is 0.0908. The third-order valence-electron chi connectivity index (χ3n) is 3.17. The first-order chi connectivity index (χ1) is 9.51. The van der Waals surface area contributed by atoms with Gasteiger partial charge in [0, 0.05) is 36.2 Å². The average molecular weight is 358 g/mol. The van der Waals surface area contributed by atoms with Gasteiger partial charge in [-0.3, -0.25) is 9.59 Å². The van der Waals surface area contributed by atoms with Crippen LogP contribution in [-0.2, 0) is 9.59 Å². The summed E-state index contributed by atoms with van der Waals surface area (Å²) in [5.41, 5.74) is 0.824. The Hall–Kier alpha value is -1.01. The monoisotopic (exact) mass is 357 g/mol. The number of halogens is 1. The fourth-order valence-corrected chi connectivity index (χ4v) is 3.34. The van der Waals surface area contributed by atoms with E-state index in [1.54, 1.807) is 18.9 Å². The summed E-state index contributed by atoms with van der Waals surface area (Å²) >= 11 is 4.76. The number of amides is 1. The fourth-order valence-electron chi connectivity index (χ4n) is 2.19. The summed E-state index contributed by atoms with van der Waals surface area (Å²) in [4.78, 5) is 24.9. The molecule has 1 heterocycles. The smallest absolute Gasteiger partial charge is 0.227 e. The molecule has 1 saturated heterocycles. The van der Waals surface area contributed by atoms with E-state index in [1.807, 2.05) is 18.2 Å². The maximum atomic E-state index is 12.2. The summed E-state index contributed by atoms with van der Waals surface area (Å²) in [5, 5.41) is 0.0958. The Morgan fingerprint density at radius 2 is 2.30 bits per heavy atom. The van der Waals surface area contributed by atoms with Gasteiger partial charge in [-0.05, 0) is 34.0 Å². The molecule has 1 aliphatic rings. The third kappa shape index (κ3) is 3.55. The van der Waals surface area contributed by atoms with E-state index in [0.717, 1.165) is 15.9 Å². The second kappa shape index (κ2) is 6.63. The van der Waals surface area contributed by atoms with Crippen molar-refractivity contribution in [3.63, 3.8) is 0 Å². The lowest BCUT2D eigenvalue weighted by molar-refractivity contribution is -0.117. The number of methoxy groups -OCH3 is 1. The summed E-state index contributed by atoms with van der Waals surface area (Å²) in [6.07, 6.45) is 0.490. The third-order valence-corrected chi connectivity index (χ3v) is 4.89. The topological polar surface area (TPSA) is 46.6 Å². The van der Waals surface area contributed by atoms with Gasteiger partial charge in [0.25, 0.3) is 0 Å². The van der Waals surface area contributed by atoms with Gasteiger partial charge in [0.1, 0.15) is 5.75 Å². The molecule has 1 atom stereocenters. The van der Waals surface area contributed by atoms with Crippen LogP contribution in [0.3, 0.4) is 0 Å². The minimum atomic E-state index is 0.0908. The number of hydrogen-bond acceptors (Lipinski definition) is 4. The molecule has 4 nitrogen and oxygen atoms in total. The molecule has 1 unspecified atom stereocenters. The van der Waals surface area contributed by atoms with Crippen molar-refractivity contribution in [1.29, 1.82) is 0 Å². The highest BCUT2D eigenvalue weighted by Gasteiger charge is 2.31. The van der Waals surface area contributed by atoms with Crippen LogP contribution in [0.5, 0.6) is 5.75 Å². The molecule has 2 rings (SSSR count). The highest BCUT2D eigenvalue weighted by molar-refractivity contribution is 9.10. The minimum Gasteiger partial charge on any atom is -0.497 e. The first kappa shape index (κ1) is 15.4. The second-order valence-electron chi connectivity index (χ2n) is 4.69. The maximum absolute atomic E-state index is 12.2. The summed E-state index contributed by atoms with van der Waals surface area (Å²) in [7, 11) is 1.60. The van der Waals surface area contributed by atoms with Gasteiger partial charge in [-0.15, -0.1) is 0 Å². The van der Waals surface area contributed by atoms with Gasteiger partial charge < -0.3 is 9.64 Å². The molecule has 0 radical (unpaired) electrons. The van der Waals surface area contributed by atoms with Gasteiger partial charge in [-0.1, -0.05) is 11.8 Å². The van der Waals surface area contributed by atoms with Gasteiger partial charge >= 0.3 is 0 Å². The molecule has 0 aromatic heterocycles. The zero-order valence-electron chi connectivity index (χ0n) is 11.4. The molecule has 0 saturated carbocycles. The molecule has 1 amide bonds. The largest absolute Gasteiger partial charge is 0.497 e. The van der Waals surface area contributed by atoms with Crippen LogP contribution in [0, 0.1) is 5.92 Å². The average Bonchev–Trinajstić information content (AvgIpc) is 2.78. The first-order valence-electron chi connectivity index (χ1n) is 6.28. The standard InChI is InChI=1S/C14H16BrNO3S/c1-9(17)20-8-10-5-14(18)16(7-10)13-6-11(19-2)3-4-12(13)15/h3-4,6,10H,5,7-8H2,1-2H3. The highest BCUT2D eigenvalue weighted by Crippen LogP contribution is 2.35. The van der Waals surface area contributed by atoms with E-state index in [1.165, 1.54) is 11.8 Å². The van der Waals surface area contributed by atoms with E-state index in [4.69, 9.17) is 4.74 Å². The van der Waals surface area contributed by atoms with Crippen molar-refractivity contribution in [3.8, 4) is 5.75 Å². The molecule has 1 aromatic carbocycles. The summed E-state index contributed by atoms with van der Waals surface area (Å²) in [6, 6.07) is 5.57. The predicted molar refractivity (Wildman–Crippen MR) is 84.3 cm³/mol. The van der Waals surface area contributed by atoms with Crippen LogP contribution in [0.25, 0.3) is 0 Å². The van der Waals surface area contributed by atoms with Crippen molar-refractivity contribution < 1.29 is 14.3 Å². The Morgan fingerprint density at radius 1 is 1.55 bits per heavy atom. The SMILES string of the molecule is COc1ccc(Br)c(N2CC(CSC(C)=O)CC2=O)c1. The number of thioether (sulfide) groups is 1. The van der Waals surface area contributed by atoms with Crippen molar-refractivity contribution in [2.24, 2.45) is 5.92 Å². The second-order valence-corrected chi connectivity index (χ2v) is 6.75. The molecule has 1 aromatic rings. The fraction of sp³-hybridized carbons (Fsp3) is 0.429. The summed E-state index contributed by atoms with van der Waals surface area (Å²) in [5.74, 6) is 1.72. The number of carbonyl (C=O) groups excluding carboxylic acids is 2. The molecule has 20 heavy (non-hydrogen) atoms. The van der Waals surface area contributed by atoms with Crippen molar-refractivity contribution in [1.82, 2.24) is 0 Å². The van der Waals surface area contributed by atoms with Gasteiger partial charge in [-0.2, -0.15) is 0 Å².